The molecule has 2 aliphatic heterocycles. The molecule has 1 N–H and O–H groups in total. The lowest BCUT2D eigenvalue weighted by Crippen LogP contribution is -2.37. The number of fused-ring (bicyclic) bond motifs is 1. The van der Waals surface area contributed by atoms with Crippen molar-refractivity contribution in [2.24, 2.45) is 0 Å². The number of morpholine rings is 1. The summed E-state index contributed by atoms with van der Waals surface area (Å²) in [7, 11) is 3.14. The highest BCUT2D eigenvalue weighted by molar-refractivity contribution is 5.91. The molecule has 3 heterocycles. The molecule has 0 aliphatic carbocycles. The second-order valence-corrected chi connectivity index (χ2v) is 6.59. The van der Waals surface area contributed by atoms with Crippen molar-refractivity contribution in [3.05, 3.63) is 35.7 Å². The number of nitrogens with zero attached hydrogens (tertiary/aromatic N) is 4. The van der Waals surface area contributed by atoms with Gasteiger partial charge in [-0.1, -0.05) is 0 Å². The summed E-state index contributed by atoms with van der Waals surface area (Å²) in [6, 6.07) is 5.05. The van der Waals surface area contributed by atoms with Crippen LogP contribution in [-0.2, 0) is 17.8 Å². The van der Waals surface area contributed by atoms with Gasteiger partial charge >= 0.3 is 6.03 Å². The number of benzene rings is 1. The Bertz CT molecular complexity index is 869. The van der Waals surface area contributed by atoms with Crippen molar-refractivity contribution < 1.29 is 19.0 Å². The maximum Gasteiger partial charge on any atom is 0.322 e. The van der Waals surface area contributed by atoms with Crippen LogP contribution in [0.15, 0.2) is 24.4 Å². The molecule has 1 aromatic heterocycles. The van der Waals surface area contributed by atoms with E-state index in [0.717, 1.165) is 24.3 Å². The SMILES string of the molecule is COc1ccc(NC(=O)N2Cc3cnc(N4CCOCC4)nc3C2)c(OC)c1. The van der Waals surface area contributed by atoms with E-state index in [1.807, 2.05) is 6.20 Å². The lowest BCUT2D eigenvalue weighted by molar-refractivity contribution is 0.122. The number of carbonyl (C=O) groups is 1. The number of nitrogens with one attached hydrogen (secondary N) is 1. The number of hydrogen-bond donors (Lipinski definition) is 1. The second kappa shape index (κ2) is 7.89. The largest absolute Gasteiger partial charge is 0.497 e. The van der Waals surface area contributed by atoms with E-state index in [4.69, 9.17) is 14.2 Å². The zero-order valence-electron chi connectivity index (χ0n) is 16.0. The summed E-state index contributed by atoms with van der Waals surface area (Å²) in [5.41, 5.74) is 2.44. The summed E-state index contributed by atoms with van der Waals surface area (Å²) in [6.45, 7) is 3.83. The Hall–Kier alpha value is -3.07. The number of hydrogen-bond acceptors (Lipinski definition) is 7. The number of ether oxygens (including phenoxy) is 3. The van der Waals surface area contributed by atoms with Crippen molar-refractivity contribution in [3.63, 3.8) is 0 Å². The third kappa shape index (κ3) is 3.65. The fourth-order valence-corrected chi connectivity index (χ4v) is 3.30. The Morgan fingerprint density at radius 2 is 2.00 bits per heavy atom. The molecule has 0 spiro atoms. The van der Waals surface area contributed by atoms with Crippen molar-refractivity contribution in [2.45, 2.75) is 13.1 Å². The van der Waals surface area contributed by atoms with Gasteiger partial charge in [0.25, 0.3) is 0 Å². The lowest BCUT2D eigenvalue weighted by Gasteiger charge is -2.26. The van der Waals surface area contributed by atoms with Crippen molar-refractivity contribution in [1.82, 2.24) is 14.9 Å². The summed E-state index contributed by atoms with van der Waals surface area (Å²) in [5.74, 6) is 1.90. The van der Waals surface area contributed by atoms with Gasteiger partial charge in [0.05, 0.1) is 51.9 Å². The van der Waals surface area contributed by atoms with E-state index in [2.05, 4.69) is 20.2 Å². The minimum Gasteiger partial charge on any atom is -0.497 e. The standard InChI is InChI=1S/C19H23N5O4/c1-26-14-3-4-15(17(9-14)27-2)22-19(25)24-11-13-10-20-18(21-16(13)12-24)23-5-7-28-8-6-23/h3-4,9-10H,5-8,11-12H2,1-2H3,(H,22,25). The highest BCUT2D eigenvalue weighted by atomic mass is 16.5. The third-order valence-corrected chi connectivity index (χ3v) is 4.87. The van der Waals surface area contributed by atoms with Crippen molar-refractivity contribution >= 4 is 17.7 Å². The fraction of sp³-hybridized carbons (Fsp3) is 0.421. The van der Waals surface area contributed by atoms with E-state index in [0.29, 0.717) is 49.4 Å². The predicted molar refractivity (Wildman–Crippen MR) is 103 cm³/mol. The Morgan fingerprint density at radius 1 is 1.18 bits per heavy atom. The van der Waals surface area contributed by atoms with E-state index in [9.17, 15) is 4.79 Å². The van der Waals surface area contributed by atoms with Gasteiger partial charge in [-0.05, 0) is 12.1 Å². The predicted octanol–water partition coefficient (Wildman–Crippen LogP) is 1.88. The van der Waals surface area contributed by atoms with Gasteiger partial charge in [0.15, 0.2) is 0 Å². The zero-order chi connectivity index (χ0) is 19.5. The highest BCUT2D eigenvalue weighted by Gasteiger charge is 2.27. The molecule has 9 heteroatoms. The average molecular weight is 385 g/mol. The van der Waals surface area contributed by atoms with Gasteiger partial charge in [-0.3, -0.25) is 0 Å². The number of amides is 2. The summed E-state index contributed by atoms with van der Waals surface area (Å²) < 4.78 is 15.9. The van der Waals surface area contributed by atoms with Crippen LogP contribution in [0.4, 0.5) is 16.4 Å². The average Bonchev–Trinajstić information content (AvgIpc) is 3.18. The van der Waals surface area contributed by atoms with Crippen LogP contribution in [-0.4, -0.2) is 61.4 Å². The van der Waals surface area contributed by atoms with Crippen molar-refractivity contribution in [1.29, 1.82) is 0 Å². The minimum atomic E-state index is -0.214. The quantitative estimate of drug-likeness (QED) is 0.859. The minimum absolute atomic E-state index is 0.214. The molecule has 9 nitrogen and oxygen atoms in total. The molecule has 0 saturated carbocycles. The topological polar surface area (TPSA) is 89.1 Å². The molecule has 28 heavy (non-hydrogen) atoms. The Labute approximate surface area is 163 Å². The summed E-state index contributed by atoms with van der Waals surface area (Å²) >= 11 is 0. The number of rotatable bonds is 4. The number of aromatic nitrogens is 2. The first-order chi connectivity index (χ1) is 13.7. The molecule has 0 bridgehead atoms. The number of anilines is 2. The van der Waals surface area contributed by atoms with Gasteiger partial charge in [0.2, 0.25) is 5.95 Å². The van der Waals surface area contributed by atoms with Crippen LogP contribution in [0.3, 0.4) is 0 Å². The van der Waals surface area contributed by atoms with Crippen LogP contribution in [0.1, 0.15) is 11.3 Å². The summed E-state index contributed by atoms with van der Waals surface area (Å²) in [4.78, 5) is 25.7. The van der Waals surface area contributed by atoms with Crippen LogP contribution >= 0.6 is 0 Å². The fourth-order valence-electron chi connectivity index (χ4n) is 3.30. The molecule has 1 aromatic carbocycles. The third-order valence-electron chi connectivity index (χ3n) is 4.87. The van der Waals surface area contributed by atoms with Crippen LogP contribution in [0, 0.1) is 0 Å². The lowest BCUT2D eigenvalue weighted by atomic mass is 10.2. The molecule has 148 valence electrons. The number of carbonyl (C=O) groups excluding carboxylic acids is 1. The van der Waals surface area contributed by atoms with E-state index in [1.165, 1.54) is 0 Å². The van der Waals surface area contributed by atoms with Crippen LogP contribution in [0.5, 0.6) is 11.5 Å². The molecular weight excluding hydrogens is 362 g/mol. The molecule has 2 aromatic rings. The van der Waals surface area contributed by atoms with Crippen molar-refractivity contribution in [3.8, 4) is 11.5 Å². The van der Waals surface area contributed by atoms with E-state index in [1.54, 1.807) is 37.3 Å². The van der Waals surface area contributed by atoms with Crippen molar-refractivity contribution in [2.75, 3.05) is 50.7 Å². The second-order valence-electron chi connectivity index (χ2n) is 6.59. The van der Waals surface area contributed by atoms with Gasteiger partial charge in [-0.2, -0.15) is 0 Å². The van der Waals surface area contributed by atoms with Crippen LogP contribution in [0.25, 0.3) is 0 Å². The van der Waals surface area contributed by atoms with Gasteiger partial charge in [-0.25, -0.2) is 14.8 Å². The van der Waals surface area contributed by atoms with Gasteiger partial charge in [0.1, 0.15) is 11.5 Å². The summed E-state index contributed by atoms with van der Waals surface area (Å²) in [5, 5.41) is 2.90. The molecule has 0 unspecified atom stereocenters. The zero-order valence-corrected chi connectivity index (χ0v) is 16.0. The maximum absolute atomic E-state index is 12.7. The van der Waals surface area contributed by atoms with Gasteiger partial charge < -0.3 is 29.3 Å². The number of urea groups is 1. The molecule has 0 atom stereocenters. The van der Waals surface area contributed by atoms with E-state index < -0.39 is 0 Å². The molecular formula is C19H23N5O4. The first-order valence-corrected chi connectivity index (χ1v) is 9.13. The Balaban J connectivity index is 1.45. The van der Waals surface area contributed by atoms with Gasteiger partial charge in [-0.15, -0.1) is 0 Å². The number of methoxy groups -OCH3 is 2. The van der Waals surface area contributed by atoms with E-state index >= 15 is 0 Å². The van der Waals surface area contributed by atoms with Gasteiger partial charge in [0, 0.05) is 30.9 Å². The highest BCUT2D eigenvalue weighted by Crippen LogP contribution is 2.30. The Morgan fingerprint density at radius 3 is 2.75 bits per heavy atom. The first-order valence-electron chi connectivity index (χ1n) is 9.13. The molecule has 4 rings (SSSR count). The van der Waals surface area contributed by atoms with Crippen LogP contribution < -0.4 is 19.7 Å². The smallest absolute Gasteiger partial charge is 0.322 e. The molecule has 2 amide bonds. The van der Waals surface area contributed by atoms with E-state index in [-0.39, 0.29) is 6.03 Å². The molecule has 1 saturated heterocycles. The monoisotopic (exact) mass is 385 g/mol. The Kier molecular flexibility index (Phi) is 5.16. The maximum atomic E-state index is 12.7. The molecule has 1 fully saturated rings. The summed E-state index contributed by atoms with van der Waals surface area (Å²) in [6.07, 6.45) is 1.81. The first kappa shape index (κ1) is 18.3. The van der Waals surface area contributed by atoms with Crippen LogP contribution in [0.2, 0.25) is 0 Å². The normalized spacial score (nSPS) is 15.9. The molecule has 0 radical (unpaired) electrons. The molecule has 2 aliphatic rings.